The number of thiazole rings is 1. The van der Waals surface area contributed by atoms with Crippen LogP contribution in [0.15, 0.2) is 24.4 Å². The summed E-state index contributed by atoms with van der Waals surface area (Å²) in [7, 11) is 0. The van der Waals surface area contributed by atoms with Gasteiger partial charge in [-0.1, -0.05) is 12.1 Å². The number of nitrogens with zero attached hydrogens (tertiary/aromatic N) is 1. The van der Waals surface area contributed by atoms with Crippen LogP contribution < -0.4 is 0 Å². The van der Waals surface area contributed by atoms with E-state index in [9.17, 15) is 4.39 Å². The molecule has 0 saturated carbocycles. The van der Waals surface area contributed by atoms with E-state index in [1.165, 1.54) is 17.4 Å². The Bertz CT molecular complexity index is 481. The molecule has 0 aliphatic rings. The van der Waals surface area contributed by atoms with Crippen molar-refractivity contribution in [2.45, 2.75) is 12.8 Å². The van der Waals surface area contributed by atoms with Crippen molar-refractivity contribution in [2.75, 3.05) is 0 Å². The number of alkyl halides is 1. The molecule has 0 radical (unpaired) electrons. The number of rotatable bonds is 2. The predicted molar refractivity (Wildman–Crippen MR) is 61.8 cm³/mol. The average molecular weight is 242 g/mol. The fourth-order valence-corrected chi connectivity index (χ4v) is 2.22. The smallest absolute Gasteiger partial charge is 0.126 e. The fraction of sp³-hybridized carbons (Fsp3) is 0.182. The van der Waals surface area contributed by atoms with Crippen LogP contribution >= 0.6 is 22.9 Å². The van der Waals surface area contributed by atoms with Crippen LogP contribution in [0.25, 0.3) is 10.6 Å². The molecule has 0 aliphatic carbocycles. The zero-order chi connectivity index (χ0) is 10.8. The van der Waals surface area contributed by atoms with Crippen LogP contribution in [-0.2, 0) is 5.88 Å². The van der Waals surface area contributed by atoms with E-state index in [2.05, 4.69) is 4.98 Å². The number of hydrogen-bond donors (Lipinski definition) is 0. The Morgan fingerprint density at radius 1 is 1.47 bits per heavy atom. The lowest BCUT2D eigenvalue weighted by Crippen LogP contribution is -1.83. The largest absolute Gasteiger partial charge is 0.244 e. The molecule has 0 aliphatic heterocycles. The minimum atomic E-state index is -0.199. The zero-order valence-corrected chi connectivity index (χ0v) is 9.70. The van der Waals surface area contributed by atoms with E-state index in [1.807, 2.05) is 6.07 Å². The molecule has 0 spiro atoms. The van der Waals surface area contributed by atoms with E-state index < -0.39 is 0 Å². The summed E-state index contributed by atoms with van der Waals surface area (Å²) in [6, 6.07) is 5.13. The van der Waals surface area contributed by atoms with Gasteiger partial charge in [0.1, 0.15) is 10.8 Å². The summed E-state index contributed by atoms with van der Waals surface area (Å²) >= 11 is 7.17. The van der Waals surface area contributed by atoms with Crippen LogP contribution in [-0.4, -0.2) is 4.98 Å². The van der Waals surface area contributed by atoms with E-state index in [4.69, 9.17) is 11.6 Å². The summed E-state index contributed by atoms with van der Waals surface area (Å²) in [6.45, 7) is 1.74. The van der Waals surface area contributed by atoms with Crippen molar-refractivity contribution in [1.82, 2.24) is 4.98 Å². The first-order chi connectivity index (χ1) is 7.20. The molecular weight excluding hydrogens is 233 g/mol. The van der Waals surface area contributed by atoms with Gasteiger partial charge in [-0.3, -0.25) is 0 Å². The number of aromatic nitrogens is 1. The van der Waals surface area contributed by atoms with E-state index in [1.54, 1.807) is 19.2 Å². The van der Waals surface area contributed by atoms with Crippen LogP contribution in [0, 0.1) is 12.7 Å². The van der Waals surface area contributed by atoms with Gasteiger partial charge in [-0.25, -0.2) is 9.37 Å². The molecule has 1 nitrogen and oxygen atoms in total. The fourth-order valence-electron chi connectivity index (χ4n) is 1.23. The quantitative estimate of drug-likeness (QED) is 0.725. The summed E-state index contributed by atoms with van der Waals surface area (Å²) < 4.78 is 13.3. The first-order valence-corrected chi connectivity index (χ1v) is 5.83. The minimum Gasteiger partial charge on any atom is -0.244 e. The summed E-state index contributed by atoms with van der Waals surface area (Å²) in [5, 5.41) is 0.810. The summed E-state index contributed by atoms with van der Waals surface area (Å²) in [6.07, 6.45) is 1.73. The van der Waals surface area contributed by atoms with Gasteiger partial charge in [-0.05, 0) is 18.6 Å². The second kappa shape index (κ2) is 4.29. The Hall–Kier alpha value is -0.930. The van der Waals surface area contributed by atoms with E-state index in [0.29, 0.717) is 11.4 Å². The second-order valence-electron chi connectivity index (χ2n) is 3.23. The van der Waals surface area contributed by atoms with Crippen molar-refractivity contribution >= 4 is 22.9 Å². The lowest BCUT2D eigenvalue weighted by atomic mass is 10.1. The minimum absolute atomic E-state index is 0.199. The lowest BCUT2D eigenvalue weighted by Gasteiger charge is -1.98. The van der Waals surface area contributed by atoms with Crippen molar-refractivity contribution in [3.63, 3.8) is 0 Å². The molecule has 1 heterocycles. The monoisotopic (exact) mass is 241 g/mol. The molecule has 0 saturated heterocycles. The van der Waals surface area contributed by atoms with Gasteiger partial charge in [-0.15, -0.1) is 22.9 Å². The van der Waals surface area contributed by atoms with Gasteiger partial charge in [0.2, 0.25) is 0 Å². The molecule has 1 aromatic carbocycles. The maximum atomic E-state index is 13.3. The van der Waals surface area contributed by atoms with Crippen molar-refractivity contribution in [2.24, 2.45) is 0 Å². The molecule has 0 unspecified atom stereocenters. The lowest BCUT2D eigenvalue weighted by molar-refractivity contribution is 0.619. The molecule has 0 fully saturated rings. The van der Waals surface area contributed by atoms with Crippen molar-refractivity contribution in [3.05, 3.63) is 40.7 Å². The summed E-state index contributed by atoms with van der Waals surface area (Å²) in [5.41, 5.74) is 1.45. The van der Waals surface area contributed by atoms with Crippen molar-refractivity contribution < 1.29 is 4.39 Å². The highest BCUT2D eigenvalue weighted by Crippen LogP contribution is 2.27. The number of hydrogen-bond acceptors (Lipinski definition) is 2. The molecule has 4 heteroatoms. The topological polar surface area (TPSA) is 12.9 Å². The Morgan fingerprint density at radius 3 is 2.87 bits per heavy atom. The molecule has 1 aromatic heterocycles. The van der Waals surface area contributed by atoms with Crippen LogP contribution in [0.5, 0.6) is 0 Å². The van der Waals surface area contributed by atoms with E-state index >= 15 is 0 Å². The first kappa shape index (κ1) is 10.6. The Balaban J connectivity index is 2.40. The summed E-state index contributed by atoms with van der Waals surface area (Å²) in [5.74, 6) is 0.251. The van der Waals surface area contributed by atoms with Crippen LogP contribution in [0.2, 0.25) is 0 Å². The molecule has 0 bridgehead atoms. The van der Waals surface area contributed by atoms with Gasteiger partial charge in [0.15, 0.2) is 0 Å². The van der Waals surface area contributed by atoms with E-state index in [-0.39, 0.29) is 5.82 Å². The van der Waals surface area contributed by atoms with Crippen molar-refractivity contribution in [1.29, 1.82) is 0 Å². The van der Waals surface area contributed by atoms with Gasteiger partial charge in [0, 0.05) is 16.6 Å². The van der Waals surface area contributed by atoms with E-state index in [0.717, 1.165) is 15.4 Å². The standard InChI is InChI=1S/C11H9ClFNS/c1-7-2-3-8(4-10(7)13)11-14-6-9(5-12)15-11/h2-4,6H,5H2,1H3. The number of aryl methyl sites for hydroxylation is 1. The van der Waals surface area contributed by atoms with Gasteiger partial charge >= 0.3 is 0 Å². The first-order valence-electron chi connectivity index (χ1n) is 4.48. The van der Waals surface area contributed by atoms with Gasteiger partial charge in [0.25, 0.3) is 0 Å². The molecule has 0 atom stereocenters. The molecule has 0 amide bonds. The highest BCUT2D eigenvalue weighted by Gasteiger charge is 2.06. The highest BCUT2D eigenvalue weighted by atomic mass is 35.5. The maximum absolute atomic E-state index is 13.3. The highest BCUT2D eigenvalue weighted by molar-refractivity contribution is 7.15. The Morgan fingerprint density at radius 2 is 2.27 bits per heavy atom. The van der Waals surface area contributed by atoms with Gasteiger partial charge in [-0.2, -0.15) is 0 Å². The molecule has 2 rings (SSSR count). The molecule has 0 N–H and O–H groups in total. The molecule has 2 aromatic rings. The normalized spacial score (nSPS) is 10.6. The molecular formula is C11H9ClFNS. The Labute approximate surface area is 96.5 Å². The SMILES string of the molecule is Cc1ccc(-c2ncc(CCl)s2)cc1F. The third kappa shape index (κ3) is 2.19. The summed E-state index contributed by atoms with van der Waals surface area (Å²) in [4.78, 5) is 5.19. The third-order valence-electron chi connectivity index (χ3n) is 2.10. The van der Waals surface area contributed by atoms with Crippen molar-refractivity contribution in [3.8, 4) is 10.6 Å². The maximum Gasteiger partial charge on any atom is 0.126 e. The Kier molecular flexibility index (Phi) is 3.03. The second-order valence-corrected chi connectivity index (χ2v) is 4.61. The average Bonchev–Trinajstić information content (AvgIpc) is 2.70. The van der Waals surface area contributed by atoms with Crippen LogP contribution in [0.3, 0.4) is 0 Å². The molecule has 15 heavy (non-hydrogen) atoms. The van der Waals surface area contributed by atoms with Crippen LogP contribution in [0.1, 0.15) is 10.4 Å². The van der Waals surface area contributed by atoms with Crippen LogP contribution in [0.4, 0.5) is 4.39 Å². The zero-order valence-electron chi connectivity index (χ0n) is 8.13. The molecule has 78 valence electrons. The number of benzene rings is 1. The predicted octanol–water partition coefficient (Wildman–Crippen LogP) is 4.00. The number of halogens is 2. The third-order valence-corrected chi connectivity index (χ3v) is 3.60. The van der Waals surface area contributed by atoms with Gasteiger partial charge < -0.3 is 0 Å². The van der Waals surface area contributed by atoms with Gasteiger partial charge in [0.05, 0.1) is 5.88 Å².